The van der Waals surface area contributed by atoms with Gasteiger partial charge in [0.2, 0.25) is 0 Å². The summed E-state index contributed by atoms with van der Waals surface area (Å²) in [6.45, 7) is 0. The average molecular weight is 301 g/mol. The van der Waals surface area contributed by atoms with Gasteiger partial charge in [0.15, 0.2) is 0 Å². The minimum Gasteiger partial charge on any atom is -0.373 e. The van der Waals surface area contributed by atoms with E-state index < -0.39 is 0 Å². The van der Waals surface area contributed by atoms with Gasteiger partial charge in [-0.2, -0.15) is 0 Å². The van der Waals surface area contributed by atoms with Crippen molar-refractivity contribution in [1.29, 1.82) is 5.41 Å². The first-order valence-corrected chi connectivity index (χ1v) is 7.99. The van der Waals surface area contributed by atoms with E-state index in [9.17, 15) is 0 Å². The largest absolute Gasteiger partial charge is 0.373 e. The first-order valence-electron chi connectivity index (χ1n) is 7.99. The van der Waals surface area contributed by atoms with Crippen molar-refractivity contribution in [1.82, 2.24) is 4.98 Å². The van der Waals surface area contributed by atoms with Crippen LogP contribution in [-0.4, -0.2) is 17.2 Å². The Bertz CT molecular complexity index is 874. The number of aromatic nitrogens is 1. The quantitative estimate of drug-likeness (QED) is 0.605. The molecule has 1 aromatic heterocycles. The molecule has 3 N–H and O–H groups in total. The van der Waals surface area contributed by atoms with Gasteiger partial charge in [-0.05, 0) is 42.2 Å². The van der Waals surface area contributed by atoms with Crippen molar-refractivity contribution in [3.63, 3.8) is 0 Å². The molecule has 2 aromatic carbocycles. The van der Waals surface area contributed by atoms with Crippen LogP contribution in [0.3, 0.4) is 0 Å². The SMILES string of the molecule is N=CC(Nc1ccccc1)C1=CCCc2c1[nH]c1ccccc21. The first kappa shape index (κ1) is 13.8. The molecule has 3 heteroatoms. The van der Waals surface area contributed by atoms with Gasteiger partial charge in [0.1, 0.15) is 0 Å². The van der Waals surface area contributed by atoms with Crippen LogP contribution in [0.2, 0.25) is 0 Å². The zero-order chi connectivity index (χ0) is 15.6. The third kappa shape index (κ3) is 2.44. The second-order valence-corrected chi connectivity index (χ2v) is 5.88. The molecule has 4 rings (SSSR count). The van der Waals surface area contributed by atoms with E-state index in [4.69, 9.17) is 5.41 Å². The Kier molecular flexibility index (Phi) is 3.46. The highest BCUT2D eigenvalue weighted by Crippen LogP contribution is 2.34. The molecule has 0 spiro atoms. The van der Waals surface area contributed by atoms with Crippen LogP contribution in [0.1, 0.15) is 17.7 Å². The van der Waals surface area contributed by atoms with Gasteiger partial charge in [0.25, 0.3) is 0 Å². The summed E-state index contributed by atoms with van der Waals surface area (Å²) in [7, 11) is 0. The number of nitrogens with one attached hydrogen (secondary N) is 3. The lowest BCUT2D eigenvalue weighted by Gasteiger charge is -2.22. The first-order chi connectivity index (χ1) is 11.4. The van der Waals surface area contributed by atoms with Gasteiger partial charge in [-0.15, -0.1) is 0 Å². The Labute approximate surface area is 135 Å². The number of benzene rings is 2. The van der Waals surface area contributed by atoms with Gasteiger partial charge in [-0.1, -0.05) is 42.5 Å². The van der Waals surface area contributed by atoms with Crippen LogP contribution in [0.25, 0.3) is 16.5 Å². The lowest BCUT2D eigenvalue weighted by molar-refractivity contribution is 0.964. The van der Waals surface area contributed by atoms with Crippen LogP contribution < -0.4 is 5.32 Å². The fourth-order valence-corrected chi connectivity index (χ4v) is 3.39. The van der Waals surface area contributed by atoms with Crippen molar-refractivity contribution in [2.45, 2.75) is 18.9 Å². The van der Waals surface area contributed by atoms with Crippen LogP contribution in [0.15, 0.2) is 60.7 Å². The van der Waals surface area contributed by atoms with Crippen LogP contribution in [0.4, 0.5) is 5.69 Å². The number of hydrogen-bond acceptors (Lipinski definition) is 2. The summed E-state index contributed by atoms with van der Waals surface area (Å²) in [6, 6.07) is 18.4. The number of aromatic amines is 1. The molecule has 0 bridgehead atoms. The predicted octanol–water partition coefficient (Wildman–Crippen LogP) is 4.63. The molecule has 0 fully saturated rings. The number of anilines is 1. The third-order valence-corrected chi connectivity index (χ3v) is 4.46. The molecule has 3 aromatic rings. The lowest BCUT2D eigenvalue weighted by Crippen LogP contribution is -2.24. The normalized spacial score (nSPS) is 14.9. The summed E-state index contributed by atoms with van der Waals surface area (Å²) < 4.78 is 0. The molecule has 3 nitrogen and oxygen atoms in total. The molecule has 0 amide bonds. The minimum atomic E-state index is -0.121. The van der Waals surface area contributed by atoms with Crippen LogP contribution in [-0.2, 0) is 6.42 Å². The van der Waals surface area contributed by atoms with Crippen LogP contribution in [0, 0.1) is 5.41 Å². The maximum atomic E-state index is 7.88. The molecule has 0 saturated carbocycles. The van der Waals surface area contributed by atoms with E-state index in [1.54, 1.807) is 0 Å². The lowest BCUT2D eigenvalue weighted by atomic mass is 9.91. The smallest absolute Gasteiger partial charge is 0.0879 e. The number of rotatable bonds is 4. The number of hydrogen-bond donors (Lipinski definition) is 3. The fourth-order valence-electron chi connectivity index (χ4n) is 3.39. The number of para-hydroxylation sites is 2. The number of allylic oxidation sites excluding steroid dienone is 1. The maximum absolute atomic E-state index is 7.88. The summed E-state index contributed by atoms with van der Waals surface area (Å²) in [4.78, 5) is 3.56. The topological polar surface area (TPSA) is 51.7 Å². The fraction of sp³-hybridized carbons (Fsp3) is 0.150. The molecule has 23 heavy (non-hydrogen) atoms. The molecule has 1 aliphatic rings. The standard InChI is InChI=1S/C20H19N3/c21-13-19(22-14-7-2-1-3-8-14)17-11-6-10-16-15-9-4-5-12-18(15)23-20(16)17/h1-5,7-9,11-13,19,21-23H,6,10H2. The van der Waals surface area contributed by atoms with Gasteiger partial charge in [-0.25, -0.2) is 0 Å². The van der Waals surface area contributed by atoms with E-state index >= 15 is 0 Å². The van der Waals surface area contributed by atoms with Crippen molar-refractivity contribution in [3.05, 3.63) is 71.9 Å². The number of H-pyrrole nitrogens is 1. The summed E-state index contributed by atoms with van der Waals surface area (Å²) in [5.41, 5.74) is 5.93. The average Bonchev–Trinajstić information content (AvgIpc) is 2.99. The molecule has 1 aliphatic carbocycles. The Hall–Kier alpha value is -2.81. The van der Waals surface area contributed by atoms with Crippen molar-refractivity contribution >= 4 is 28.4 Å². The number of fused-ring (bicyclic) bond motifs is 3. The summed E-state index contributed by atoms with van der Waals surface area (Å²) in [5.74, 6) is 0. The highest BCUT2D eigenvalue weighted by Gasteiger charge is 2.23. The predicted molar refractivity (Wildman–Crippen MR) is 97.2 cm³/mol. The van der Waals surface area contributed by atoms with E-state index in [2.05, 4.69) is 40.6 Å². The zero-order valence-corrected chi connectivity index (χ0v) is 12.8. The second kappa shape index (κ2) is 5.76. The van der Waals surface area contributed by atoms with Crippen molar-refractivity contribution < 1.29 is 0 Å². The van der Waals surface area contributed by atoms with Crippen LogP contribution in [0.5, 0.6) is 0 Å². The van der Waals surface area contributed by atoms with E-state index in [1.807, 2.05) is 30.3 Å². The summed E-state index contributed by atoms with van der Waals surface area (Å²) in [5, 5.41) is 12.6. The van der Waals surface area contributed by atoms with E-state index in [-0.39, 0.29) is 6.04 Å². The van der Waals surface area contributed by atoms with Gasteiger partial charge >= 0.3 is 0 Å². The second-order valence-electron chi connectivity index (χ2n) is 5.88. The Balaban J connectivity index is 1.74. The van der Waals surface area contributed by atoms with Gasteiger partial charge in [0.05, 0.1) is 6.04 Å². The monoisotopic (exact) mass is 301 g/mol. The Morgan fingerprint density at radius 2 is 1.83 bits per heavy atom. The molecule has 1 unspecified atom stereocenters. The Morgan fingerprint density at radius 1 is 1.04 bits per heavy atom. The van der Waals surface area contributed by atoms with E-state index in [1.165, 1.54) is 33.9 Å². The maximum Gasteiger partial charge on any atom is 0.0879 e. The summed E-state index contributed by atoms with van der Waals surface area (Å²) in [6.07, 6.45) is 5.81. The summed E-state index contributed by atoms with van der Waals surface area (Å²) >= 11 is 0. The van der Waals surface area contributed by atoms with Crippen molar-refractivity contribution in [3.8, 4) is 0 Å². The van der Waals surface area contributed by atoms with Crippen LogP contribution >= 0.6 is 0 Å². The van der Waals surface area contributed by atoms with Crippen molar-refractivity contribution in [2.75, 3.05) is 5.32 Å². The molecule has 0 aliphatic heterocycles. The van der Waals surface area contributed by atoms with Gasteiger partial charge in [0, 0.05) is 28.5 Å². The van der Waals surface area contributed by atoms with Gasteiger partial charge in [-0.3, -0.25) is 0 Å². The zero-order valence-electron chi connectivity index (χ0n) is 12.8. The highest BCUT2D eigenvalue weighted by atomic mass is 14.9. The molecular formula is C20H19N3. The van der Waals surface area contributed by atoms with Gasteiger partial charge < -0.3 is 15.7 Å². The Morgan fingerprint density at radius 3 is 2.65 bits per heavy atom. The molecule has 0 saturated heterocycles. The molecular weight excluding hydrogens is 282 g/mol. The van der Waals surface area contributed by atoms with Crippen molar-refractivity contribution in [2.24, 2.45) is 0 Å². The molecule has 0 radical (unpaired) electrons. The minimum absolute atomic E-state index is 0.121. The number of aryl methyl sites for hydroxylation is 1. The highest BCUT2D eigenvalue weighted by molar-refractivity contribution is 5.96. The molecule has 114 valence electrons. The van der Waals surface area contributed by atoms with E-state index in [0.29, 0.717) is 0 Å². The molecule has 1 heterocycles. The third-order valence-electron chi connectivity index (χ3n) is 4.46. The van der Waals surface area contributed by atoms with E-state index in [0.717, 1.165) is 18.5 Å². The molecule has 1 atom stereocenters.